The van der Waals surface area contributed by atoms with Crippen molar-refractivity contribution in [1.29, 1.82) is 0 Å². The molecule has 168 valence electrons. The summed E-state index contributed by atoms with van der Waals surface area (Å²) in [4.78, 5) is 22.2. The van der Waals surface area contributed by atoms with E-state index in [2.05, 4.69) is 18.6 Å². The Kier molecular flexibility index (Phi) is 13.0. The van der Waals surface area contributed by atoms with Crippen molar-refractivity contribution in [2.24, 2.45) is 5.41 Å². The van der Waals surface area contributed by atoms with Crippen molar-refractivity contribution in [3.63, 3.8) is 0 Å². The molecule has 0 atom stereocenters. The first-order valence-corrected chi connectivity index (χ1v) is 11.9. The minimum atomic E-state index is -1.16. The van der Waals surface area contributed by atoms with Crippen LogP contribution in [0.4, 0.5) is 4.79 Å². The molecule has 0 aromatic carbocycles. The minimum absolute atomic E-state index is 0.213. The highest BCUT2D eigenvalue weighted by molar-refractivity contribution is 5.96. The molecule has 0 radical (unpaired) electrons. The molecule has 0 heterocycles. The quantitative estimate of drug-likeness (QED) is 0.209. The van der Waals surface area contributed by atoms with Crippen molar-refractivity contribution in [1.82, 2.24) is 0 Å². The Hall–Kier alpha value is -1.32. The SMILES string of the molecule is CC1=C(CCCCCCCCCCCCCCCOC(=O)O)C(C)(C)CCC1=O. The number of carbonyl (C=O) groups excluding carboxylic acids is 1. The van der Waals surface area contributed by atoms with Gasteiger partial charge in [-0.1, -0.05) is 90.0 Å². The first-order chi connectivity index (χ1) is 13.8. The van der Waals surface area contributed by atoms with Gasteiger partial charge in [0.1, 0.15) is 0 Å². The van der Waals surface area contributed by atoms with Gasteiger partial charge < -0.3 is 9.84 Å². The number of hydrogen-bond acceptors (Lipinski definition) is 3. The normalized spacial score (nSPS) is 16.3. The highest BCUT2D eigenvalue weighted by Crippen LogP contribution is 2.41. The summed E-state index contributed by atoms with van der Waals surface area (Å²) in [7, 11) is 0. The van der Waals surface area contributed by atoms with Crippen LogP contribution in [0.15, 0.2) is 11.1 Å². The predicted octanol–water partition coefficient (Wildman–Crippen LogP) is 7.85. The molecule has 0 aromatic heterocycles. The molecule has 1 aliphatic rings. The molecule has 0 bridgehead atoms. The smallest absolute Gasteiger partial charge is 0.450 e. The summed E-state index contributed by atoms with van der Waals surface area (Å²) in [5.41, 5.74) is 2.68. The molecule has 0 unspecified atom stereocenters. The third-order valence-corrected chi connectivity index (χ3v) is 6.46. The van der Waals surface area contributed by atoms with Crippen LogP contribution >= 0.6 is 0 Å². The van der Waals surface area contributed by atoms with E-state index in [1.54, 1.807) is 0 Å². The second kappa shape index (κ2) is 14.6. The monoisotopic (exact) mass is 408 g/mol. The van der Waals surface area contributed by atoms with Crippen molar-refractivity contribution in [3.05, 3.63) is 11.1 Å². The van der Waals surface area contributed by atoms with Gasteiger partial charge in [-0.05, 0) is 43.6 Å². The van der Waals surface area contributed by atoms with E-state index in [4.69, 9.17) is 5.11 Å². The molecule has 4 nitrogen and oxygen atoms in total. The van der Waals surface area contributed by atoms with Crippen molar-refractivity contribution < 1.29 is 19.4 Å². The van der Waals surface area contributed by atoms with Gasteiger partial charge in [-0.15, -0.1) is 0 Å². The molecule has 4 heteroatoms. The second-order valence-corrected chi connectivity index (χ2v) is 9.37. The van der Waals surface area contributed by atoms with Gasteiger partial charge >= 0.3 is 6.16 Å². The number of ketones is 1. The number of rotatable bonds is 16. The molecular formula is C25H44O4. The molecule has 1 N–H and O–H groups in total. The summed E-state index contributed by atoms with van der Waals surface area (Å²) in [6, 6.07) is 0. The fourth-order valence-electron chi connectivity index (χ4n) is 4.47. The summed E-state index contributed by atoms with van der Waals surface area (Å²) in [6.45, 7) is 6.97. The summed E-state index contributed by atoms with van der Waals surface area (Å²) >= 11 is 0. The van der Waals surface area contributed by atoms with Crippen LogP contribution in [0.25, 0.3) is 0 Å². The zero-order valence-electron chi connectivity index (χ0n) is 19.2. The fraction of sp³-hybridized carbons (Fsp3) is 0.840. The minimum Gasteiger partial charge on any atom is -0.450 e. The molecule has 0 aromatic rings. The Balaban J connectivity index is 1.90. The Morgan fingerprint density at radius 1 is 0.862 bits per heavy atom. The van der Waals surface area contributed by atoms with Crippen LogP contribution in [-0.4, -0.2) is 23.7 Å². The first kappa shape index (κ1) is 25.7. The van der Waals surface area contributed by atoms with Crippen LogP contribution in [-0.2, 0) is 9.53 Å². The molecule has 1 rings (SSSR count). The Morgan fingerprint density at radius 2 is 1.31 bits per heavy atom. The molecule has 1 aliphatic carbocycles. The largest absolute Gasteiger partial charge is 0.505 e. The van der Waals surface area contributed by atoms with Crippen LogP contribution in [0.3, 0.4) is 0 Å². The molecule has 0 saturated carbocycles. The Bertz CT molecular complexity index is 519. The predicted molar refractivity (Wildman–Crippen MR) is 119 cm³/mol. The number of Topliss-reactive ketones (excluding diaryl/α,β-unsaturated/α-hetero) is 1. The van der Waals surface area contributed by atoms with E-state index in [0.29, 0.717) is 12.4 Å². The number of allylic oxidation sites excluding steroid dienone is 2. The van der Waals surface area contributed by atoms with Crippen molar-refractivity contribution in [2.45, 2.75) is 124 Å². The lowest BCUT2D eigenvalue weighted by Crippen LogP contribution is -2.25. The Labute approximate surface area is 178 Å². The van der Waals surface area contributed by atoms with Crippen molar-refractivity contribution in [2.75, 3.05) is 6.61 Å². The van der Waals surface area contributed by atoms with Gasteiger partial charge in [-0.2, -0.15) is 0 Å². The third kappa shape index (κ3) is 11.4. The number of carboxylic acid groups (broad SMARTS) is 1. The molecule has 0 aliphatic heterocycles. The van der Waals surface area contributed by atoms with Crippen molar-refractivity contribution in [3.8, 4) is 0 Å². The van der Waals surface area contributed by atoms with E-state index in [-0.39, 0.29) is 5.41 Å². The highest BCUT2D eigenvalue weighted by atomic mass is 16.7. The molecule has 0 fully saturated rings. The lowest BCUT2D eigenvalue weighted by atomic mass is 9.70. The second-order valence-electron chi connectivity index (χ2n) is 9.37. The lowest BCUT2D eigenvalue weighted by Gasteiger charge is -2.34. The van der Waals surface area contributed by atoms with E-state index in [1.807, 2.05) is 6.92 Å². The van der Waals surface area contributed by atoms with Gasteiger partial charge in [0.25, 0.3) is 0 Å². The van der Waals surface area contributed by atoms with E-state index in [1.165, 1.54) is 76.2 Å². The molecule has 0 amide bonds. The zero-order chi connectivity index (χ0) is 21.5. The summed E-state index contributed by atoms with van der Waals surface area (Å²) in [6.07, 6.45) is 17.8. The van der Waals surface area contributed by atoms with Gasteiger partial charge in [-0.3, -0.25) is 4.79 Å². The maximum atomic E-state index is 12.0. The zero-order valence-corrected chi connectivity index (χ0v) is 19.2. The Morgan fingerprint density at radius 3 is 1.79 bits per heavy atom. The van der Waals surface area contributed by atoms with Crippen LogP contribution in [0.2, 0.25) is 0 Å². The van der Waals surface area contributed by atoms with E-state index >= 15 is 0 Å². The highest BCUT2D eigenvalue weighted by Gasteiger charge is 2.31. The number of ether oxygens (including phenoxy) is 1. The summed E-state index contributed by atoms with van der Waals surface area (Å²) < 4.78 is 4.50. The van der Waals surface area contributed by atoms with Gasteiger partial charge in [0.15, 0.2) is 5.78 Å². The van der Waals surface area contributed by atoms with Gasteiger partial charge in [0, 0.05) is 6.42 Å². The van der Waals surface area contributed by atoms with Gasteiger partial charge in [0.2, 0.25) is 0 Å². The van der Waals surface area contributed by atoms with Gasteiger partial charge in [-0.25, -0.2) is 4.79 Å². The molecular weight excluding hydrogens is 364 g/mol. The maximum absolute atomic E-state index is 12.0. The van der Waals surface area contributed by atoms with Crippen LogP contribution < -0.4 is 0 Å². The molecule has 29 heavy (non-hydrogen) atoms. The van der Waals surface area contributed by atoms with E-state index in [9.17, 15) is 9.59 Å². The average Bonchev–Trinajstić information content (AvgIpc) is 2.66. The molecule has 0 spiro atoms. The van der Waals surface area contributed by atoms with E-state index < -0.39 is 6.16 Å². The first-order valence-electron chi connectivity index (χ1n) is 11.9. The summed E-state index contributed by atoms with van der Waals surface area (Å²) in [5.74, 6) is 0.367. The maximum Gasteiger partial charge on any atom is 0.505 e. The number of carbonyl (C=O) groups is 2. The standard InChI is InChI=1S/C25H44O4/c1-21-22(25(2,3)19-18-23(21)26)17-15-13-11-9-7-5-4-6-8-10-12-14-16-20-29-24(27)28/h4-20H2,1-3H3,(H,27,28). The van der Waals surface area contributed by atoms with Crippen molar-refractivity contribution >= 4 is 11.9 Å². The topological polar surface area (TPSA) is 63.6 Å². The lowest BCUT2D eigenvalue weighted by molar-refractivity contribution is -0.116. The van der Waals surface area contributed by atoms with E-state index in [0.717, 1.165) is 37.7 Å². The van der Waals surface area contributed by atoms with Crippen LogP contribution in [0, 0.1) is 5.41 Å². The average molecular weight is 409 g/mol. The third-order valence-electron chi connectivity index (χ3n) is 6.46. The molecule has 0 saturated heterocycles. The van der Waals surface area contributed by atoms with Crippen LogP contribution in [0.5, 0.6) is 0 Å². The van der Waals surface area contributed by atoms with Gasteiger partial charge in [0.05, 0.1) is 6.61 Å². The number of unbranched alkanes of at least 4 members (excludes halogenated alkanes) is 12. The fourth-order valence-corrected chi connectivity index (χ4v) is 4.47. The summed E-state index contributed by atoms with van der Waals surface area (Å²) in [5, 5.41) is 8.37. The number of hydrogen-bond donors (Lipinski definition) is 1. The van der Waals surface area contributed by atoms with Crippen LogP contribution in [0.1, 0.15) is 124 Å².